The highest BCUT2D eigenvalue weighted by Crippen LogP contribution is 2.30. The fraction of sp³-hybridized carbons (Fsp3) is 0.0625. The number of fused-ring (bicyclic) bond motifs is 1. The van der Waals surface area contributed by atoms with Crippen molar-refractivity contribution in [3.05, 3.63) is 119 Å². The third-order valence-corrected chi connectivity index (χ3v) is 8.42. The Morgan fingerprint density at radius 2 is 1.75 bits per heavy atom. The van der Waals surface area contributed by atoms with Gasteiger partial charge in [-0.15, -0.1) is 11.8 Å². The van der Waals surface area contributed by atoms with E-state index in [1.54, 1.807) is 61.7 Å². The summed E-state index contributed by atoms with van der Waals surface area (Å²) in [7, 11) is 1.59. The second-order valence-corrected chi connectivity index (χ2v) is 11.7. The molecule has 5 rings (SSSR count). The van der Waals surface area contributed by atoms with E-state index in [2.05, 4.69) is 20.9 Å². The van der Waals surface area contributed by atoms with Crippen molar-refractivity contribution in [3.8, 4) is 5.75 Å². The normalized spacial score (nSPS) is 11.2. The molecule has 222 valence electrons. The number of ether oxygens (including phenoxy) is 1. The maximum absolute atomic E-state index is 14.5. The standard InChI is InChI=1S/C32H24ClFN4O4S2/c1-42-21-12-15-26-28(16-21)44-32(37-26)38-29(39)18-43-22-13-10-20(11-14-22)35-31(41)27(17-23-24(33)8-5-9-25(23)34)36-30(40)19-6-3-2-4-7-19/h2-17H,18H2,1H3,(H,35,41)(H,36,40)(H,37,38,39)/b27-17-. The van der Waals surface area contributed by atoms with Gasteiger partial charge in [0, 0.05) is 21.7 Å². The van der Waals surface area contributed by atoms with Crippen LogP contribution in [-0.4, -0.2) is 35.6 Å². The van der Waals surface area contributed by atoms with Crippen molar-refractivity contribution in [1.29, 1.82) is 0 Å². The van der Waals surface area contributed by atoms with Crippen LogP contribution in [0.2, 0.25) is 5.02 Å². The van der Waals surface area contributed by atoms with E-state index in [4.69, 9.17) is 16.3 Å². The Hall–Kier alpha value is -4.71. The fourth-order valence-electron chi connectivity index (χ4n) is 3.96. The molecule has 8 nitrogen and oxygen atoms in total. The van der Waals surface area contributed by atoms with E-state index in [9.17, 15) is 18.8 Å². The zero-order chi connectivity index (χ0) is 31.1. The number of aromatic nitrogens is 1. The molecule has 0 bridgehead atoms. The second kappa shape index (κ2) is 14.2. The van der Waals surface area contributed by atoms with Crippen molar-refractivity contribution in [2.75, 3.05) is 23.5 Å². The van der Waals surface area contributed by atoms with Crippen molar-refractivity contribution in [1.82, 2.24) is 10.3 Å². The number of carbonyl (C=O) groups excluding carboxylic acids is 3. The number of amides is 3. The van der Waals surface area contributed by atoms with Crippen molar-refractivity contribution in [2.45, 2.75) is 4.90 Å². The second-order valence-electron chi connectivity index (χ2n) is 9.18. The summed E-state index contributed by atoms with van der Waals surface area (Å²) in [5.74, 6) is -1.23. The highest BCUT2D eigenvalue weighted by molar-refractivity contribution is 8.00. The van der Waals surface area contributed by atoms with Gasteiger partial charge in [-0.25, -0.2) is 9.37 Å². The number of anilines is 2. The van der Waals surface area contributed by atoms with Crippen LogP contribution in [0.1, 0.15) is 15.9 Å². The van der Waals surface area contributed by atoms with Gasteiger partial charge in [0.2, 0.25) is 5.91 Å². The SMILES string of the molecule is COc1ccc2nc(NC(=O)CSc3ccc(NC(=O)/C(=C/c4c(F)cccc4Cl)NC(=O)c4ccccc4)cc3)sc2c1. The molecule has 1 aromatic heterocycles. The van der Waals surface area contributed by atoms with E-state index in [-0.39, 0.29) is 27.9 Å². The van der Waals surface area contributed by atoms with Crippen molar-refractivity contribution in [2.24, 2.45) is 0 Å². The quantitative estimate of drug-likeness (QED) is 0.109. The van der Waals surface area contributed by atoms with Crippen LogP contribution in [0.25, 0.3) is 16.3 Å². The molecule has 0 fully saturated rings. The topological polar surface area (TPSA) is 109 Å². The summed E-state index contributed by atoms with van der Waals surface area (Å²) in [6, 6.07) is 24.8. The maximum Gasteiger partial charge on any atom is 0.272 e. The molecule has 44 heavy (non-hydrogen) atoms. The molecule has 0 atom stereocenters. The third kappa shape index (κ3) is 7.81. The number of thioether (sulfide) groups is 1. The lowest BCUT2D eigenvalue weighted by Gasteiger charge is -2.12. The first-order valence-corrected chi connectivity index (χ1v) is 15.3. The number of thiazole rings is 1. The lowest BCUT2D eigenvalue weighted by Crippen LogP contribution is -2.30. The maximum atomic E-state index is 14.5. The molecule has 0 aliphatic rings. The average Bonchev–Trinajstić information content (AvgIpc) is 3.43. The summed E-state index contributed by atoms with van der Waals surface area (Å²) >= 11 is 8.84. The first-order valence-electron chi connectivity index (χ1n) is 13.1. The molecule has 5 aromatic rings. The summed E-state index contributed by atoms with van der Waals surface area (Å²) in [5.41, 5.74) is 1.27. The molecule has 0 saturated heterocycles. The van der Waals surface area contributed by atoms with Crippen LogP contribution in [0.15, 0.2) is 102 Å². The van der Waals surface area contributed by atoms with Crippen LogP contribution in [-0.2, 0) is 9.59 Å². The van der Waals surface area contributed by atoms with Gasteiger partial charge in [-0.3, -0.25) is 14.4 Å². The number of nitrogens with zero attached hydrogens (tertiary/aromatic N) is 1. The van der Waals surface area contributed by atoms with Gasteiger partial charge in [0.25, 0.3) is 11.8 Å². The van der Waals surface area contributed by atoms with E-state index in [0.29, 0.717) is 22.1 Å². The predicted molar refractivity (Wildman–Crippen MR) is 174 cm³/mol. The predicted octanol–water partition coefficient (Wildman–Crippen LogP) is 7.24. The lowest BCUT2D eigenvalue weighted by atomic mass is 10.1. The Kier molecular flexibility index (Phi) is 9.90. The Labute approximate surface area is 265 Å². The number of rotatable bonds is 10. The van der Waals surface area contributed by atoms with Crippen LogP contribution in [0.3, 0.4) is 0 Å². The van der Waals surface area contributed by atoms with Crippen LogP contribution in [0.4, 0.5) is 15.2 Å². The van der Waals surface area contributed by atoms with Gasteiger partial charge >= 0.3 is 0 Å². The van der Waals surface area contributed by atoms with E-state index >= 15 is 0 Å². The van der Waals surface area contributed by atoms with Crippen LogP contribution in [0.5, 0.6) is 5.75 Å². The first kappa shape index (κ1) is 30.7. The third-order valence-electron chi connectivity index (χ3n) is 6.14. The largest absolute Gasteiger partial charge is 0.497 e. The van der Waals surface area contributed by atoms with Gasteiger partial charge in [-0.05, 0) is 72.8 Å². The smallest absolute Gasteiger partial charge is 0.272 e. The summed E-state index contributed by atoms with van der Waals surface area (Å²) in [5, 5.41) is 8.67. The molecule has 4 aromatic carbocycles. The molecule has 0 saturated carbocycles. The summed E-state index contributed by atoms with van der Waals surface area (Å²) in [6.45, 7) is 0. The molecule has 3 amide bonds. The zero-order valence-corrected chi connectivity index (χ0v) is 25.5. The Morgan fingerprint density at radius 3 is 2.48 bits per heavy atom. The molecule has 0 aliphatic carbocycles. The van der Waals surface area contributed by atoms with Crippen molar-refractivity contribution in [3.63, 3.8) is 0 Å². The number of hydrogen-bond donors (Lipinski definition) is 3. The van der Waals surface area contributed by atoms with E-state index < -0.39 is 17.6 Å². The Balaban J connectivity index is 1.23. The first-order chi connectivity index (χ1) is 21.3. The van der Waals surface area contributed by atoms with Gasteiger partial charge in [0.15, 0.2) is 5.13 Å². The summed E-state index contributed by atoms with van der Waals surface area (Å²) in [4.78, 5) is 43.8. The minimum Gasteiger partial charge on any atom is -0.497 e. The molecule has 3 N–H and O–H groups in total. The summed E-state index contributed by atoms with van der Waals surface area (Å²) in [6.07, 6.45) is 1.19. The van der Waals surface area contributed by atoms with Gasteiger partial charge in [-0.1, -0.05) is 47.2 Å². The van der Waals surface area contributed by atoms with Crippen LogP contribution in [0, 0.1) is 5.82 Å². The van der Waals surface area contributed by atoms with Crippen LogP contribution < -0.4 is 20.7 Å². The van der Waals surface area contributed by atoms with Gasteiger partial charge < -0.3 is 20.7 Å². The molecule has 0 unspecified atom stereocenters. The number of benzene rings is 4. The Bertz CT molecular complexity index is 1840. The lowest BCUT2D eigenvalue weighted by molar-refractivity contribution is -0.114. The molecule has 0 aliphatic heterocycles. The minimum absolute atomic E-state index is 0.0386. The number of methoxy groups -OCH3 is 1. The fourth-order valence-corrected chi connectivity index (χ4v) is 5.78. The van der Waals surface area contributed by atoms with Crippen LogP contribution >= 0.6 is 34.7 Å². The van der Waals surface area contributed by atoms with E-state index in [1.165, 1.54) is 47.4 Å². The highest BCUT2D eigenvalue weighted by atomic mass is 35.5. The van der Waals surface area contributed by atoms with E-state index in [1.807, 2.05) is 18.2 Å². The number of hydrogen-bond acceptors (Lipinski definition) is 7. The van der Waals surface area contributed by atoms with Gasteiger partial charge in [-0.2, -0.15) is 0 Å². The number of nitrogens with one attached hydrogen (secondary N) is 3. The zero-order valence-electron chi connectivity index (χ0n) is 23.1. The number of carbonyl (C=O) groups is 3. The van der Waals surface area contributed by atoms with E-state index in [0.717, 1.165) is 15.1 Å². The monoisotopic (exact) mass is 646 g/mol. The minimum atomic E-state index is -0.679. The van der Waals surface area contributed by atoms with Crippen molar-refractivity contribution < 1.29 is 23.5 Å². The van der Waals surface area contributed by atoms with Gasteiger partial charge in [0.1, 0.15) is 17.3 Å². The average molecular weight is 647 g/mol. The van der Waals surface area contributed by atoms with Gasteiger partial charge in [0.05, 0.1) is 28.1 Å². The highest BCUT2D eigenvalue weighted by Gasteiger charge is 2.17. The molecule has 1 heterocycles. The number of halogens is 2. The van der Waals surface area contributed by atoms with Crippen molar-refractivity contribution >= 4 is 79.5 Å². The molecular formula is C32H24ClFN4O4S2. The molecule has 0 spiro atoms. The molecule has 12 heteroatoms. The summed E-state index contributed by atoms with van der Waals surface area (Å²) < 4.78 is 20.7. The molecular weight excluding hydrogens is 623 g/mol. The Morgan fingerprint density at radius 1 is 0.977 bits per heavy atom. The molecule has 0 radical (unpaired) electrons.